The molecule has 0 spiro atoms. The van der Waals surface area contributed by atoms with Gasteiger partial charge in [0, 0.05) is 25.8 Å². The van der Waals surface area contributed by atoms with Crippen molar-refractivity contribution < 1.29 is 14.3 Å². The average molecular weight is 411 g/mol. The minimum Gasteiger partial charge on any atom is -0.493 e. The van der Waals surface area contributed by atoms with E-state index in [1.807, 2.05) is 50.1 Å². The smallest absolute Gasteiger partial charge is 0.255 e. The molecule has 0 unspecified atom stereocenters. The van der Waals surface area contributed by atoms with Gasteiger partial charge in [0.05, 0.1) is 30.9 Å². The predicted molar refractivity (Wildman–Crippen MR) is 117 cm³/mol. The highest BCUT2D eigenvalue weighted by Crippen LogP contribution is 2.29. The summed E-state index contributed by atoms with van der Waals surface area (Å²) in [6.45, 7) is 9.10. The Morgan fingerprint density at radius 2 is 1.87 bits per heavy atom. The average Bonchev–Trinajstić information content (AvgIpc) is 3.04. The third kappa shape index (κ3) is 3.97. The van der Waals surface area contributed by atoms with Gasteiger partial charge in [-0.1, -0.05) is 19.9 Å². The Balaban J connectivity index is 2.03. The van der Waals surface area contributed by atoms with Crippen LogP contribution in [0.3, 0.4) is 0 Å². The van der Waals surface area contributed by atoms with E-state index in [2.05, 4.69) is 18.9 Å². The lowest BCUT2D eigenvalue weighted by Gasteiger charge is -2.23. The molecule has 30 heavy (non-hydrogen) atoms. The molecule has 0 fully saturated rings. The van der Waals surface area contributed by atoms with Crippen molar-refractivity contribution in [2.24, 2.45) is 7.05 Å². The van der Waals surface area contributed by atoms with Crippen LogP contribution in [-0.2, 0) is 13.6 Å². The van der Waals surface area contributed by atoms with E-state index in [-0.39, 0.29) is 11.8 Å². The summed E-state index contributed by atoms with van der Waals surface area (Å²) in [7, 11) is 5.08. The van der Waals surface area contributed by atoms with Gasteiger partial charge < -0.3 is 14.4 Å². The van der Waals surface area contributed by atoms with Crippen LogP contribution < -0.4 is 9.47 Å². The number of carbonyl (C=O) groups is 1. The number of amides is 1. The minimum atomic E-state index is -0.0299. The molecule has 0 aliphatic rings. The molecule has 3 aromatic rings. The molecule has 0 bridgehead atoms. The van der Waals surface area contributed by atoms with Gasteiger partial charge in [0.15, 0.2) is 17.1 Å². The Morgan fingerprint density at radius 3 is 2.47 bits per heavy atom. The van der Waals surface area contributed by atoms with E-state index in [0.717, 1.165) is 28.0 Å². The SMILES string of the molecule is CCN(Cc1ccc(OC)c(OC)c1)C(=O)c1cc(C(C)C)nc2c1c(C)nn2C. The number of nitrogens with zero attached hydrogens (tertiary/aromatic N) is 4. The summed E-state index contributed by atoms with van der Waals surface area (Å²) >= 11 is 0. The number of fused-ring (bicyclic) bond motifs is 1. The number of carbonyl (C=O) groups excluding carboxylic acids is 1. The van der Waals surface area contributed by atoms with Crippen molar-refractivity contribution in [3.8, 4) is 11.5 Å². The highest BCUT2D eigenvalue weighted by molar-refractivity contribution is 6.06. The zero-order chi connectivity index (χ0) is 22.0. The summed E-state index contributed by atoms with van der Waals surface area (Å²) in [6.07, 6.45) is 0. The molecular formula is C23H30N4O3. The van der Waals surface area contributed by atoms with Crippen LogP contribution in [0.25, 0.3) is 11.0 Å². The van der Waals surface area contributed by atoms with Crippen LogP contribution >= 0.6 is 0 Å². The molecule has 160 valence electrons. The lowest BCUT2D eigenvalue weighted by molar-refractivity contribution is 0.0754. The molecule has 0 N–H and O–H groups in total. The van der Waals surface area contributed by atoms with Gasteiger partial charge in [0.1, 0.15) is 0 Å². The van der Waals surface area contributed by atoms with Crippen LogP contribution in [-0.4, -0.2) is 46.3 Å². The second-order valence-electron chi connectivity index (χ2n) is 7.67. The normalized spacial score (nSPS) is 11.2. The molecule has 7 nitrogen and oxygen atoms in total. The van der Waals surface area contributed by atoms with Crippen molar-refractivity contribution in [2.45, 2.75) is 40.2 Å². The van der Waals surface area contributed by atoms with Gasteiger partial charge in [-0.3, -0.25) is 9.48 Å². The molecule has 0 aliphatic carbocycles. The van der Waals surface area contributed by atoms with Gasteiger partial charge in [0.25, 0.3) is 5.91 Å². The van der Waals surface area contributed by atoms with E-state index in [4.69, 9.17) is 14.5 Å². The summed E-state index contributed by atoms with van der Waals surface area (Å²) in [5, 5.41) is 5.31. The summed E-state index contributed by atoms with van der Waals surface area (Å²) in [4.78, 5) is 20.2. The summed E-state index contributed by atoms with van der Waals surface area (Å²) in [5.74, 6) is 1.49. The van der Waals surface area contributed by atoms with Gasteiger partial charge in [-0.25, -0.2) is 4.98 Å². The largest absolute Gasteiger partial charge is 0.493 e. The number of rotatable bonds is 7. The van der Waals surface area contributed by atoms with Crippen molar-refractivity contribution in [3.63, 3.8) is 0 Å². The van der Waals surface area contributed by atoms with Crippen molar-refractivity contribution in [2.75, 3.05) is 20.8 Å². The lowest BCUT2D eigenvalue weighted by atomic mass is 10.0. The van der Waals surface area contributed by atoms with E-state index in [1.54, 1.807) is 18.9 Å². The fourth-order valence-electron chi connectivity index (χ4n) is 3.63. The number of hydrogen-bond donors (Lipinski definition) is 0. The number of pyridine rings is 1. The highest BCUT2D eigenvalue weighted by Gasteiger charge is 2.23. The van der Waals surface area contributed by atoms with Crippen LogP contribution in [0.1, 0.15) is 54.0 Å². The maximum Gasteiger partial charge on any atom is 0.255 e. The van der Waals surface area contributed by atoms with E-state index in [0.29, 0.717) is 30.2 Å². The molecule has 0 atom stereocenters. The Morgan fingerprint density at radius 1 is 1.17 bits per heavy atom. The summed E-state index contributed by atoms with van der Waals surface area (Å²) in [6, 6.07) is 7.64. The quantitative estimate of drug-likeness (QED) is 0.587. The maximum absolute atomic E-state index is 13.6. The molecule has 2 aromatic heterocycles. The molecule has 0 radical (unpaired) electrons. The number of benzene rings is 1. The van der Waals surface area contributed by atoms with Crippen LogP contribution in [0.2, 0.25) is 0 Å². The van der Waals surface area contributed by atoms with Crippen LogP contribution in [0.5, 0.6) is 11.5 Å². The number of aryl methyl sites for hydroxylation is 2. The van der Waals surface area contributed by atoms with Gasteiger partial charge >= 0.3 is 0 Å². The van der Waals surface area contributed by atoms with Crippen LogP contribution in [0.15, 0.2) is 24.3 Å². The zero-order valence-corrected chi connectivity index (χ0v) is 18.8. The molecule has 0 saturated carbocycles. The molecule has 3 rings (SSSR count). The van der Waals surface area contributed by atoms with Crippen molar-refractivity contribution in [3.05, 3.63) is 46.8 Å². The van der Waals surface area contributed by atoms with E-state index >= 15 is 0 Å². The number of methoxy groups -OCH3 is 2. The van der Waals surface area contributed by atoms with Crippen molar-refractivity contribution in [1.29, 1.82) is 0 Å². The summed E-state index contributed by atoms with van der Waals surface area (Å²) in [5.41, 5.74) is 4.05. The second-order valence-corrected chi connectivity index (χ2v) is 7.67. The van der Waals surface area contributed by atoms with Gasteiger partial charge in [-0.05, 0) is 43.5 Å². The molecule has 0 aliphatic heterocycles. The number of hydrogen-bond acceptors (Lipinski definition) is 5. The third-order valence-corrected chi connectivity index (χ3v) is 5.30. The second kappa shape index (κ2) is 8.73. The first-order valence-electron chi connectivity index (χ1n) is 10.1. The zero-order valence-electron chi connectivity index (χ0n) is 18.8. The Hall–Kier alpha value is -3.09. The summed E-state index contributed by atoms with van der Waals surface area (Å²) < 4.78 is 12.5. The molecule has 2 heterocycles. The Labute approximate surface area is 177 Å². The van der Waals surface area contributed by atoms with Crippen LogP contribution in [0, 0.1) is 6.92 Å². The first kappa shape index (κ1) is 21.6. The molecule has 1 aromatic carbocycles. The molecular weight excluding hydrogens is 380 g/mol. The predicted octanol–water partition coefficient (Wildman–Crippen LogP) is 4.08. The third-order valence-electron chi connectivity index (χ3n) is 5.30. The Bertz CT molecular complexity index is 1070. The lowest BCUT2D eigenvalue weighted by Crippen LogP contribution is -2.30. The topological polar surface area (TPSA) is 69.5 Å². The number of ether oxygens (including phenoxy) is 2. The minimum absolute atomic E-state index is 0.0299. The standard InChI is InChI=1S/C23H30N4O3/c1-8-27(13-16-9-10-19(29-6)20(11-16)30-7)23(28)17-12-18(14(2)3)24-22-21(17)15(4)25-26(22)5/h9-12,14H,8,13H2,1-7H3. The first-order chi connectivity index (χ1) is 14.3. The van der Waals surface area contributed by atoms with Gasteiger partial charge in [-0.2, -0.15) is 5.10 Å². The monoisotopic (exact) mass is 410 g/mol. The fourth-order valence-corrected chi connectivity index (χ4v) is 3.63. The van der Waals surface area contributed by atoms with Crippen LogP contribution in [0.4, 0.5) is 0 Å². The molecule has 0 saturated heterocycles. The number of aromatic nitrogens is 3. The highest BCUT2D eigenvalue weighted by atomic mass is 16.5. The first-order valence-corrected chi connectivity index (χ1v) is 10.1. The van der Waals surface area contributed by atoms with Crippen molar-refractivity contribution >= 4 is 16.9 Å². The fraction of sp³-hybridized carbons (Fsp3) is 0.435. The maximum atomic E-state index is 13.6. The molecule has 7 heteroatoms. The van der Waals surface area contributed by atoms with Gasteiger partial charge in [0.2, 0.25) is 0 Å². The van der Waals surface area contributed by atoms with Gasteiger partial charge in [-0.15, -0.1) is 0 Å². The van der Waals surface area contributed by atoms with E-state index in [9.17, 15) is 4.79 Å². The van der Waals surface area contributed by atoms with E-state index in [1.165, 1.54) is 0 Å². The Kier molecular flexibility index (Phi) is 6.29. The van der Waals surface area contributed by atoms with Crippen molar-refractivity contribution in [1.82, 2.24) is 19.7 Å². The molecule has 1 amide bonds. The van der Waals surface area contributed by atoms with E-state index < -0.39 is 0 Å².